The van der Waals surface area contributed by atoms with Gasteiger partial charge in [0.05, 0.1) is 0 Å². The quantitative estimate of drug-likeness (QED) is 0.764. The predicted molar refractivity (Wildman–Crippen MR) is 60.4 cm³/mol. The van der Waals surface area contributed by atoms with E-state index in [2.05, 4.69) is 4.98 Å². The molecule has 0 aliphatic rings. The van der Waals surface area contributed by atoms with Crippen molar-refractivity contribution in [2.45, 2.75) is 0 Å². The van der Waals surface area contributed by atoms with Crippen LogP contribution < -0.4 is 4.74 Å². The van der Waals surface area contributed by atoms with Crippen molar-refractivity contribution in [2.24, 2.45) is 0 Å². The summed E-state index contributed by atoms with van der Waals surface area (Å²) in [7, 11) is 0. The fourth-order valence-electron chi connectivity index (χ4n) is 1.26. The van der Waals surface area contributed by atoms with Gasteiger partial charge in [-0.05, 0) is 18.2 Å². The van der Waals surface area contributed by atoms with Gasteiger partial charge in [-0.25, -0.2) is 9.37 Å². The molecule has 2 rings (SSSR count). The molecule has 0 radical (unpaired) electrons. The van der Waals surface area contributed by atoms with Crippen LogP contribution in [-0.4, -0.2) is 4.98 Å². The Bertz CT molecular complexity index is 595. The molecule has 2 aromatic rings. The average Bonchev–Trinajstić information content (AvgIpc) is 2.29. The lowest BCUT2D eigenvalue weighted by molar-refractivity contribution is 0.456. The standard InChI is InChI=1S/C12H6ClFN2O/c13-11-5-2-6-12(16-11)17-10-4-1-3-9(14)8(10)7-15/h1-6H. The van der Waals surface area contributed by atoms with Gasteiger partial charge in [-0.15, -0.1) is 0 Å². The Kier molecular flexibility index (Phi) is 3.22. The molecule has 0 saturated carbocycles. The van der Waals surface area contributed by atoms with Crippen molar-refractivity contribution in [2.75, 3.05) is 0 Å². The highest BCUT2D eigenvalue weighted by Gasteiger charge is 2.10. The van der Waals surface area contributed by atoms with Gasteiger partial charge in [0.2, 0.25) is 5.88 Å². The average molecular weight is 249 g/mol. The van der Waals surface area contributed by atoms with Crippen molar-refractivity contribution in [1.29, 1.82) is 5.26 Å². The van der Waals surface area contributed by atoms with Gasteiger partial charge >= 0.3 is 0 Å². The zero-order chi connectivity index (χ0) is 12.3. The molecule has 1 aromatic heterocycles. The summed E-state index contributed by atoms with van der Waals surface area (Å²) in [6, 6.07) is 10.7. The molecule has 17 heavy (non-hydrogen) atoms. The van der Waals surface area contributed by atoms with Crippen LogP contribution in [-0.2, 0) is 0 Å². The molecule has 0 spiro atoms. The molecule has 0 aliphatic heterocycles. The molecule has 0 saturated heterocycles. The topological polar surface area (TPSA) is 45.9 Å². The van der Waals surface area contributed by atoms with Crippen LogP contribution in [0.2, 0.25) is 5.15 Å². The van der Waals surface area contributed by atoms with Gasteiger partial charge in [0.25, 0.3) is 0 Å². The first-order valence-electron chi connectivity index (χ1n) is 4.70. The van der Waals surface area contributed by atoms with Crippen LogP contribution in [0.1, 0.15) is 5.56 Å². The van der Waals surface area contributed by atoms with Gasteiger partial charge in [-0.1, -0.05) is 23.7 Å². The summed E-state index contributed by atoms with van der Waals surface area (Å²) >= 11 is 5.69. The molecular formula is C12H6ClFN2O. The lowest BCUT2D eigenvalue weighted by Gasteiger charge is -2.06. The Balaban J connectivity index is 2.37. The Labute approximate surface area is 102 Å². The van der Waals surface area contributed by atoms with Crippen LogP contribution in [0, 0.1) is 17.1 Å². The molecule has 84 valence electrons. The number of hydrogen-bond acceptors (Lipinski definition) is 3. The molecule has 0 amide bonds. The third-order valence-electron chi connectivity index (χ3n) is 1.99. The number of ether oxygens (including phenoxy) is 1. The second-order valence-electron chi connectivity index (χ2n) is 3.13. The Morgan fingerprint density at radius 1 is 1.24 bits per heavy atom. The Morgan fingerprint density at radius 2 is 2.00 bits per heavy atom. The minimum Gasteiger partial charge on any atom is -0.437 e. The number of halogens is 2. The molecule has 1 heterocycles. The fourth-order valence-corrected chi connectivity index (χ4v) is 1.41. The van der Waals surface area contributed by atoms with E-state index in [1.165, 1.54) is 18.2 Å². The molecule has 0 atom stereocenters. The number of benzene rings is 1. The largest absolute Gasteiger partial charge is 0.437 e. The lowest BCUT2D eigenvalue weighted by atomic mass is 10.2. The SMILES string of the molecule is N#Cc1c(F)cccc1Oc1cccc(Cl)n1. The zero-order valence-corrected chi connectivity index (χ0v) is 9.28. The van der Waals surface area contributed by atoms with Crippen LogP contribution in [0.25, 0.3) is 0 Å². The number of nitriles is 1. The van der Waals surface area contributed by atoms with Gasteiger partial charge in [0.1, 0.15) is 28.4 Å². The fraction of sp³-hybridized carbons (Fsp3) is 0. The van der Waals surface area contributed by atoms with E-state index in [0.29, 0.717) is 0 Å². The van der Waals surface area contributed by atoms with Crippen molar-refractivity contribution in [3.8, 4) is 17.7 Å². The third-order valence-corrected chi connectivity index (χ3v) is 2.20. The van der Waals surface area contributed by atoms with Crippen LogP contribution in [0.5, 0.6) is 11.6 Å². The van der Waals surface area contributed by atoms with Crippen molar-refractivity contribution in [1.82, 2.24) is 4.98 Å². The highest BCUT2D eigenvalue weighted by Crippen LogP contribution is 2.25. The Hall–Kier alpha value is -2.12. The summed E-state index contributed by atoms with van der Waals surface area (Å²) in [5.74, 6) is -0.311. The second-order valence-corrected chi connectivity index (χ2v) is 3.51. The lowest BCUT2D eigenvalue weighted by Crippen LogP contribution is -1.93. The van der Waals surface area contributed by atoms with Gasteiger partial charge < -0.3 is 4.74 Å². The number of nitrogens with zero attached hydrogens (tertiary/aromatic N) is 2. The minimum absolute atomic E-state index is 0.113. The maximum Gasteiger partial charge on any atom is 0.220 e. The molecule has 5 heteroatoms. The highest BCUT2D eigenvalue weighted by molar-refractivity contribution is 6.29. The summed E-state index contributed by atoms with van der Waals surface area (Å²) in [5.41, 5.74) is -0.158. The van der Waals surface area contributed by atoms with Crippen molar-refractivity contribution in [3.05, 3.63) is 52.9 Å². The number of pyridine rings is 1. The molecule has 0 aliphatic carbocycles. The normalized spacial score (nSPS) is 9.71. The van der Waals surface area contributed by atoms with Crippen LogP contribution in [0.15, 0.2) is 36.4 Å². The van der Waals surface area contributed by atoms with Crippen LogP contribution >= 0.6 is 11.6 Å². The minimum atomic E-state index is -0.632. The maximum atomic E-state index is 13.3. The van der Waals surface area contributed by atoms with E-state index in [0.717, 1.165) is 0 Å². The predicted octanol–water partition coefficient (Wildman–Crippen LogP) is 3.54. The van der Waals surface area contributed by atoms with E-state index in [1.807, 2.05) is 0 Å². The first kappa shape index (κ1) is 11.4. The monoisotopic (exact) mass is 248 g/mol. The first-order valence-corrected chi connectivity index (χ1v) is 5.07. The van der Waals surface area contributed by atoms with E-state index in [9.17, 15) is 4.39 Å². The van der Waals surface area contributed by atoms with Gasteiger partial charge in [0, 0.05) is 6.07 Å². The maximum absolute atomic E-state index is 13.3. The molecule has 0 unspecified atom stereocenters. The summed E-state index contributed by atoms with van der Waals surface area (Å²) < 4.78 is 18.6. The van der Waals surface area contributed by atoms with E-state index >= 15 is 0 Å². The summed E-state index contributed by atoms with van der Waals surface area (Å²) in [5, 5.41) is 9.08. The summed E-state index contributed by atoms with van der Waals surface area (Å²) in [6.45, 7) is 0. The molecule has 1 aromatic carbocycles. The van der Waals surface area contributed by atoms with E-state index < -0.39 is 5.82 Å². The van der Waals surface area contributed by atoms with E-state index in [-0.39, 0.29) is 22.3 Å². The Morgan fingerprint density at radius 3 is 2.71 bits per heavy atom. The van der Waals surface area contributed by atoms with Gasteiger partial charge in [-0.3, -0.25) is 0 Å². The molecule has 0 bridgehead atoms. The molecule has 0 N–H and O–H groups in total. The summed E-state index contributed by atoms with van der Waals surface area (Å²) in [4.78, 5) is 3.88. The van der Waals surface area contributed by atoms with Crippen LogP contribution in [0.4, 0.5) is 4.39 Å². The molecule has 0 fully saturated rings. The highest BCUT2D eigenvalue weighted by atomic mass is 35.5. The summed E-state index contributed by atoms with van der Waals surface area (Å²) in [6.07, 6.45) is 0. The zero-order valence-electron chi connectivity index (χ0n) is 8.52. The van der Waals surface area contributed by atoms with E-state index in [1.54, 1.807) is 24.3 Å². The van der Waals surface area contributed by atoms with Crippen molar-refractivity contribution in [3.63, 3.8) is 0 Å². The van der Waals surface area contributed by atoms with Crippen molar-refractivity contribution >= 4 is 11.6 Å². The molecular weight excluding hydrogens is 243 g/mol. The van der Waals surface area contributed by atoms with Crippen molar-refractivity contribution < 1.29 is 9.13 Å². The molecule has 3 nitrogen and oxygen atoms in total. The van der Waals surface area contributed by atoms with Gasteiger partial charge in [-0.2, -0.15) is 5.26 Å². The number of rotatable bonds is 2. The smallest absolute Gasteiger partial charge is 0.220 e. The van der Waals surface area contributed by atoms with Gasteiger partial charge in [0.15, 0.2) is 0 Å². The second kappa shape index (κ2) is 4.81. The third kappa shape index (κ3) is 2.52. The number of hydrogen-bond donors (Lipinski definition) is 0. The first-order chi connectivity index (χ1) is 8.20. The van der Waals surface area contributed by atoms with E-state index in [4.69, 9.17) is 21.6 Å². The van der Waals surface area contributed by atoms with Crippen LogP contribution in [0.3, 0.4) is 0 Å². The number of aromatic nitrogens is 1.